The highest BCUT2D eigenvalue weighted by Crippen LogP contribution is 2.15. The van der Waals surface area contributed by atoms with E-state index in [1.807, 2.05) is 18.2 Å². The fourth-order valence-corrected chi connectivity index (χ4v) is 3.48. The van der Waals surface area contributed by atoms with Crippen molar-refractivity contribution in [2.75, 3.05) is 47.0 Å². The van der Waals surface area contributed by atoms with Crippen molar-refractivity contribution in [3.63, 3.8) is 0 Å². The molecule has 2 aromatic carbocycles. The van der Waals surface area contributed by atoms with Crippen LogP contribution in [0.4, 0.5) is 0 Å². The van der Waals surface area contributed by atoms with E-state index in [-0.39, 0.29) is 30.1 Å². The summed E-state index contributed by atoms with van der Waals surface area (Å²) in [6, 6.07) is 18.8. The van der Waals surface area contributed by atoms with E-state index in [0.717, 1.165) is 50.9 Å². The van der Waals surface area contributed by atoms with Crippen molar-refractivity contribution < 1.29 is 9.47 Å². The third-order valence-corrected chi connectivity index (χ3v) is 5.20. The second-order valence-corrected chi connectivity index (χ2v) is 7.10. The van der Waals surface area contributed by atoms with Crippen LogP contribution in [0, 0.1) is 0 Å². The number of aliphatic imine (C=N–C) groups is 1. The molecule has 1 fully saturated rings. The second kappa shape index (κ2) is 13.6. The minimum absolute atomic E-state index is 0. The SMILES string of the molecule is CN=C(NCc1ccccc1CN1CCOCC1)NCC(OC)c1ccccc1.I. The standard InChI is InChI=1S/C23H32N4O2.HI/c1-24-23(26-17-22(28-2)19-8-4-3-5-9-19)25-16-20-10-6-7-11-21(20)18-27-12-14-29-15-13-27;/h3-11,22H,12-18H2,1-2H3,(H2,24,25,26);1H. The van der Waals surface area contributed by atoms with E-state index < -0.39 is 0 Å². The Hall–Kier alpha value is -1.68. The smallest absolute Gasteiger partial charge is 0.191 e. The Bertz CT molecular complexity index is 767. The molecule has 3 rings (SSSR count). The molecule has 164 valence electrons. The highest BCUT2D eigenvalue weighted by atomic mass is 127. The molecule has 1 atom stereocenters. The first-order valence-corrected chi connectivity index (χ1v) is 10.2. The topological polar surface area (TPSA) is 58.1 Å². The van der Waals surface area contributed by atoms with Gasteiger partial charge in [0, 0.05) is 46.9 Å². The average Bonchev–Trinajstić information content (AvgIpc) is 2.78. The van der Waals surface area contributed by atoms with Crippen LogP contribution in [-0.4, -0.2) is 57.9 Å². The molecule has 0 aliphatic carbocycles. The van der Waals surface area contributed by atoms with Crippen LogP contribution in [0.3, 0.4) is 0 Å². The Labute approximate surface area is 197 Å². The van der Waals surface area contributed by atoms with Gasteiger partial charge in [-0.05, 0) is 16.7 Å². The van der Waals surface area contributed by atoms with Crippen LogP contribution in [0.1, 0.15) is 22.8 Å². The molecule has 2 N–H and O–H groups in total. The van der Waals surface area contributed by atoms with Crippen molar-refractivity contribution in [1.29, 1.82) is 0 Å². The van der Waals surface area contributed by atoms with Crippen molar-refractivity contribution >= 4 is 29.9 Å². The first kappa shape index (κ1) is 24.6. The van der Waals surface area contributed by atoms with Crippen molar-refractivity contribution in [3.05, 3.63) is 71.3 Å². The minimum Gasteiger partial charge on any atom is -0.379 e. The number of nitrogens with zero attached hydrogens (tertiary/aromatic N) is 2. The number of morpholine rings is 1. The lowest BCUT2D eigenvalue weighted by Crippen LogP contribution is -2.39. The normalized spacial score (nSPS) is 15.9. The minimum atomic E-state index is -0.0247. The van der Waals surface area contributed by atoms with Gasteiger partial charge in [0.2, 0.25) is 0 Å². The largest absolute Gasteiger partial charge is 0.379 e. The molecule has 1 heterocycles. The summed E-state index contributed by atoms with van der Waals surface area (Å²) in [5.74, 6) is 0.768. The Balaban J connectivity index is 0.00000320. The maximum absolute atomic E-state index is 5.64. The summed E-state index contributed by atoms with van der Waals surface area (Å²) >= 11 is 0. The molecular weight excluding hydrogens is 491 g/mol. The molecule has 7 heteroatoms. The van der Waals surface area contributed by atoms with E-state index in [4.69, 9.17) is 9.47 Å². The van der Waals surface area contributed by atoms with Crippen LogP contribution >= 0.6 is 24.0 Å². The number of rotatable bonds is 8. The zero-order valence-electron chi connectivity index (χ0n) is 17.8. The zero-order chi connectivity index (χ0) is 20.3. The molecule has 0 amide bonds. The molecule has 0 aromatic heterocycles. The van der Waals surface area contributed by atoms with E-state index in [1.54, 1.807) is 14.2 Å². The van der Waals surface area contributed by atoms with Crippen molar-refractivity contribution in [2.45, 2.75) is 19.2 Å². The molecule has 30 heavy (non-hydrogen) atoms. The van der Waals surface area contributed by atoms with Crippen LogP contribution in [0.5, 0.6) is 0 Å². The number of ether oxygens (including phenoxy) is 2. The summed E-state index contributed by atoms with van der Waals surface area (Å²) in [4.78, 5) is 6.80. The lowest BCUT2D eigenvalue weighted by atomic mass is 10.1. The van der Waals surface area contributed by atoms with Gasteiger partial charge in [-0.1, -0.05) is 54.6 Å². The van der Waals surface area contributed by atoms with Gasteiger partial charge in [-0.15, -0.1) is 24.0 Å². The van der Waals surface area contributed by atoms with Gasteiger partial charge in [0.25, 0.3) is 0 Å². The fraction of sp³-hybridized carbons (Fsp3) is 0.435. The number of hydrogen-bond donors (Lipinski definition) is 2. The highest BCUT2D eigenvalue weighted by Gasteiger charge is 2.14. The van der Waals surface area contributed by atoms with E-state index in [0.29, 0.717) is 6.54 Å². The molecule has 6 nitrogen and oxygen atoms in total. The first-order valence-electron chi connectivity index (χ1n) is 10.2. The summed E-state index contributed by atoms with van der Waals surface area (Å²) in [6.07, 6.45) is -0.0247. The number of methoxy groups -OCH3 is 1. The van der Waals surface area contributed by atoms with Crippen molar-refractivity contribution in [1.82, 2.24) is 15.5 Å². The van der Waals surface area contributed by atoms with Crippen molar-refractivity contribution in [2.24, 2.45) is 4.99 Å². The highest BCUT2D eigenvalue weighted by molar-refractivity contribution is 14.0. The van der Waals surface area contributed by atoms with E-state index in [1.165, 1.54) is 11.1 Å². The van der Waals surface area contributed by atoms with E-state index >= 15 is 0 Å². The van der Waals surface area contributed by atoms with Gasteiger partial charge in [0.1, 0.15) is 0 Å². The summed E-state index contributed by atoms with van der Waals surface area (Å²) in [5.41, 5.74) is 3.78. The molecular formula is C23H33IN4O2. The monoisotopic (exact) mass is 524 g/mol. The van der Waals surface area contributed by atoms with Crippen LogP contribution in [0.25, 0.3) is 0 Å². The summed E-state index contributed by atoms with van der Waals surface area (Å²) in [7, 11) is 3.52. The second-order valence-electron chi connectivity index (χ2n) is 7.10. The van der Waals surface area contributed by atoms with Crippen LogP contribution in [0.15, 0.2) is 59.6 Å². The number of benzene rings is 2. The lowest BCUT2D eigenvalue weighted by Gasteiger charge is -2.27. The molecule has 1 saturated heterocycles. The first-order chi connectivity index (χ1) is 14.3. The van der Waals surface area contributed by atoms with Crippen LogP contribution in [0.2, 0.25) is 0 Å². The summed E-state index contributed by atoms with van der Waals surface area (Å²) in [5, 5.41) is 6.81. The molecule has 0 radical (unpaired) electrons. The molecule has 0 saturated carbocycles. The van der Waals surface area contributed by atoms with Gasteiger partial charge in [0.15, 0.2) is 5.96 Å². The third-order valence-electron chi connectivity index (χ3n) is 5.20. The van der Waals surface area contributed by atoms with Gasteiger partial charge < -0.3 is 20.1 Å². The van der Waals surface area contributed by atoms with Gasteiger partial charge in [0.05, 0.1) is 19.3 Å². The summed E-state index contributed by atoms with van der Waals surface area (Å²) in [6.45, 7) is 5.94. The number of hydrogen-bond acceptors (Lipinski definition) is 4. The number of guanidine groups is 1. The van der Waals surface area contributed by atoms with Gasteiger partial charge in [-0.3, -0.25) is 9.89 Å². The predicted octanol–water partition coefficient (Wildman–Crippen LogP) is 3.19. The molecule has 1 aliphatic rings. The molecule has 2 aromatic rings. The number of nitrogens with one attached hydrogen (secondary N) is 2. The maximum Gasteiger partial charge on any atom is 0.191 e. The zero-order valence-corrected chi connectivity index (χ0v) is 20.2. The quantitative estimate of drug-likeness (QED) is 0.316. The third kappa shape index (κ3) is 7.54. The van der Waals surface area contributed by atoms with E-state index in [9.17, 15) is 0 Å². The Morgan fingerprint density at radius 2 is 1.70 bits per heavy atom. The predicted molar refractivity (Wildman–Crippen MR) is 132 cm³/mol. The molecule has 1 unspecified atom stereocenters. The van der Waals surface area contributed by atoms with Gasteiger partial charge in [-0.25, -0.2) is 0 Å². The maximum atomic E-state index is 5.64. The van der Waals surface area contributed by atoms with Crippen LogP contribution in [-0.2, 0) is 22.6 Å². The Kier molecular flexibility index (Phi) is 11.1. The van der Waals surface area contributed by atoms with Gasteiger partial charge >= 0.3 is 0 Å². The molecule has 1 aliphatic heterocycles. The fourth-order valence-electron chi connectivity index (χ4n) is 3.48. The van der Waals surface area contributed by atoms with E-state index in [2.05, 4.69) is 56.9 Å². The molecule has 0 spiro atoms. The summed E-state index contributed by atoms with van der Waals surface area (Å²) < 4.78 is 11.1. The molecule has 0 bridgehead atoms. The lowest BCUT2D eigenvalue weighted by molar-refractivity contribution is 0.0341. The Morgan fingerprint density at radius 3 is 2.37 bits per heavy atom. The van der Waals surface area contributed by atoms with Gasteiger partial charge in [-0.2, -0.15) is 0 Å². The Morgan fingerprint density at radius 1 is 1.03 bits per heavy atom. The number of halogens is 1. The van der Waals surface area contributed by atoms with Crippen LogP contribution < -0.4 is 10.6 Å². The average molecular weight is 524 g/mol. The van der Waals surface area contributed by atoms with Crippen molar-refractivity contribution in [3.8, 4) is 0 Å².